The van der Waals surface area contributed by atoms with E-state index in [9.17, 15) is 13.2 Å². The molecule has 2 N–H and O–H groups in total. The van der Waals surface area contributed by atoms with E-state index in [0.717, 1.165) is 5.56 Å². The molecule has 1 aromatic rings. The normalized spacial score (nSPS) is 20.3. The summed E-state index contributed by atoms with van der Waals surface area (Å²) >= 11 is 0. The van der Waals surface area contributed by atoms with Crippen molar-refractivity contribution < 1.29 is 17.9 Å². The van der Waals surface area contributed by atoms with Crippen LogP contribution in [0.5, 0.6) is 5.75 Å². The summed E-state index contributed by atoms with van der Waals surface area (Å²) in [6, 6.07) is 6.68. The van der Waals surface area contributed by atoms with Crippen LogP contribution in [0, 0.1) is 0 Å². The second kappa shape index (κ2) is 6.62. The lowest BCUT2D eigenvalue weighted by molar-refractivity contribution is 0.241. The Bertz CT molecular complexity index is 640. The van der Waals surface area contributed by atoms with Gasteiger partial charge in [-0.2, -0.15) is 0 Å². The van der Waals surface area contributed by atoms with Crippen LogP contribution in [-0.2, 0) is 9.84 Å². The van der Waals surface area contributed by atoms with Crippen molar-refractivity contribution in [2.45, 2.75) is 12.5 Å². The van der Waals surface area contributed by atoms with Crippen molar-refractivity contribution in [3.05, 3.63) is 36.0 Å². The van der Waals surface area contributed by atoms with Crippen LogP contribution in [0.15, 0.2) is 30.5 Å². The van der Waals surface area contributed by atoms with E-state index in [1.54, 1.807) is 13.2 Å². The van der Waals surface area contributed by atoms with E-state index in [0.29, 0.717) is 12.2 Å². The predicted molar refractivity (Wildman–Crippen MR) is 80.8 cm³/mol. The third-order valence-corrected chi connectivity index (χ3v) is 4.95. The molecular weight excluding hydrogens is 292 g/mol. The van der Waals surface area contributed by atoms with Crippen molar-refractivity contribution in [1.82, 2.24) is 10.6 Å². The molecule has 1 unspecified atom stereocenters. The first-order valence-corrected chi connectivity index (χ1v) is 8.39. The highest BCUT2D eigenvalue weighted by molar-refractivity contribution is 7.91. The number of carbonyl (C=O) groups excluding carboxylic acids is 1. The van der Waals surface area contributed by atoms with Gasteiger partial charge in [-0.1, -0.05) is 18.2 Å². The summed E-state index contributed by atoms with van der Waals surface area (Å²) in [5.41, 5.74) is 0.837. The van der Waals surface area contributed by atoms with Gasteiger partial charge in [0.05, 0.1) is 18.6 Å². The van der Waals surface area contributed by atoms with Gasteiger partial charge in [0.15, 0.2) is 9.84 Å². The SMILES string of the molecule is COc1ccccc1/C=C/NC(=O)NC1CCS(=O)(=O)C1. The van der Waals surface area contributed by atoms with Gasteiger partial charge in [-0.25, -0.2) is 13.2 Å². The number of carbonyl (C=O) groups is 1. The van der Waals surface area contributed by atoms with Crippen molar-refractivity contribution in [3.63, 3.8) is 0 Å². The Balaban J connectivity index is 1.85. The summed E-state index contributed by atoms with van der Waals surface area (Å²) in [5, 5.41) is 5.19. The smallest absolute Gasteiger partial charge is 0.319 e. The first kappa shape index (κ1) is 15.4. The molecule has 0 bridgehead atoms. The lowest BCUT2D eigenvalue weighted by Crippen LogP contribution is -2.40. The van der Waals surface area contributed by atoms with Crippen molar-refractivity contribution in [2.75, 3.05) is 18.6 Å². The first-order valence-electron chi connectivity index (χ1n) is 6.57. The summed E-state index contributed by atoms with van der Waals surface area (Å²) in [4.78, 5) is 11.7. The molecule has 21 heavy (non-hydrogen) atoms. The number of sulfone groups is 1. The van der Waals surface area contributed by atoms with Crippen LogP contribution in [0.4, 0.5) is 4.79 Å². The molecule has 0 radical (unpaired) electrons. The van der Waals surface area contributed by atoms with Gasteiger partial charge in [0, 0.05) is 17.8 Å². The van der Waals surface area contributed by atoms with Crippen LogP contribution in [0.2, 0.25) is 0 Å². The maximum atomic E-state index is 11.7. The van der Waals surface area contributed by atoms with E-state index >= 15 is 0 Å². The lowest BCUT2D eigenvalue weighted by Gasteiger charge is -2.10. The van der Waals surface area contributed by atoms with Gasteiger partial charge in [-0.05, 0) is 18.6 Å². The Morgan fingerprint density at radius 3 is 2.81 bits per heavy atom. The largest absolute Gasteiger partial charge is 0.496 e. The number of hydrogen-bond acceptors (Lipinski definition) is 4. The number of rotatable bonds is 4. The zero-order valence-electron chi connectivity index (χ0n) is 11.7. The molecule has 2 rings (SSSR count). The van der Waals surface area contributed by atoms with E-state index in [1.165, 1.54) is 6.20 Å². The average molecular weight is 310 g/mol. The molecule has 0 saturated carbocycles. The minimum atomic E-state index is -2.99. The molecular formula is C14H18N2O4S. The van der Waals surface area contributed by atoms with E-state index in [2.05, 4.69) is 10.6 Å². The first-order chi connectivity index (χ1) is 10.00. The average Bonchev–Trinajstić information content (AvgIpc) is 2.78. The van der Waals surface area contributed by atoms with Gasteiger partial charge < -0.3 is 15.4 Å². The Kier molecular flexibility index (Phi) is 4.85. The molecule has 1 saturated heterocycles. The molecule has 0 aliphatic carbocycles. The van der Waals surface area contributed by atoms with Gasteiger partial charge in [0.2, 0.25) is 0 Å². The zero-order chi connectivity index (χ0) is 15.3. The molecule has 1 aliphatic heterocycles. The fourth-order valence-electron chi connectivity index (χ4n) is 2.15. The van der Waals surface area contributed by atoms with Crippen molar-refractivity contribution in [1.29, 1.82) is 0 Å². The second-order valence-electron chi connectivity index (χ2n) is 4.79. The Morgan fingerprint density at radius 1 is 1.38 bits per heavy atom. The van der Waals surface area contributed by atoms with Crippen LogP contribution in [0.3, 0.4) is 0 Å². The lowest BCUT2D eigenvalue weighted by atomic mass is 10.2. The van der Waals surface area contributed by atoms with Gasteiger partial charge >= 0.3 is 6.03 Å². The minimum absolute atomic E-state index is 0.0106. The number of benzene rings is 1. The maximum Gasteiger partial charge on any atom is 0.319 e. The molecule has 1 atom stereocenters. The van der Waals surface area contributed by atoms with Crippen LogP contribution in [-0.4, -0.2) is 39.1 Å². The molecule has 0 aromatic heterocycles. The number of para-hydroxylation sites is 1. The van der Waals surface area contributed by atoms with Crippen LogP contribution in [0.25, 0.3) is 6.08 Å². The number of hydrogen-bond donors (Lipinski definition) is 2. The van der Waals surface area contributed by atoms with E-state index in [4.69, 9.17) is 4.74 Å². The van der Waals surface area contributed by atoms with Crippen molar-refractivity contribution >= 4 is 21.9 Å². The highest BCUT2D eigenvalue weighted by Crippen LogP contribution is 2.18. The summed E-state index contributed by atoms with van der Waals surface area (Å²) in [5.74, 6) is 0.851. The van der Waals surface area contributed by atoms with Gasteiger partial charge in [0.25, 0.3) is 0 Å². The quantitative estimate of drug-likeness (QED) is 0.874. The maximum absolute atomic E-state index is 11.7. The summed E-state index contributed by atoms with van der Waals surface area (Å²) in [6.45, 7) is 0. The Hall–Kier alpha value is -2.02. The molecule has 1 heterocycles. The molecule has 1 fully saturated rings. The standard InChI is InChI=1S/C14H18N2O4S/c1-20-13-5-3-2-4-11(13)6-8-15-14(17)16-12-7-9-21(18,19)10-12/h2-6,8,12H,7,9-10H2,1H3,(H2,15,16,17)/b8-6+. The van der Waals surface area contributed by atoms with E-state index in [-0.39, 0.29) is 17.5 Å². The highest BCUT2D eigenvalue weighted by atomic mass is 32.2. The van der Waals surface area contributed by atoms with Crippen molar-refractivity contribution in [2.24, 2.45) is 0 Å². The molecule has 1 aromatic carbocycles. The molecule has 0 spiro atoms. The van der Waals surface area contributed by atoms with Gasteiger partial charge in [0.1, 0.15) is 5.75 Å². The molecule has 7 heteroatoms. The zero-order valence-corrected chi connectivity index (χ0v) is 12.5. The molecule has 2 amide bonds. The van der Waals surface area contributed by atoms with E-state index in [1.807, 2.05) is 24.3 Å². The Morgan fingerprint density at radius 2 is 2.14 bits per heavy atom. The second-order valence-corrected chi connectivity index (χ2v) is 7.02. The van der Waals surface area contributed by atoms with Crippen molar-refractivity contribution in [3.8, 4) is 5.75 Å². The van der Waals surface area contributed by atoms with Crippen LogP contribution < -0.4 is 15.4 Å². The Labute approximate surface area is 124 Å². The minimum Gasteiger partial charge on any atom is -0.496 e. The number of amides is 2. The summed E-state index contributed by atoms with van der Waals surface area (Å²) in [7, 11) is -1.41. The fourth-order valence-corrected chi connectivity index (χ4v) is 3.82. The third-order valence-electron chi connectivity index (χ3n) is 3.18. The number of urea groups is 1. The number of nitrogens with one attached hydrogen (secondary N) is 2. The molecule has 1 aliphatic rings. The number of methoxy groups -OCH3 is 1. The summed E-state index contributed by atoms with van der Waals surface area (Å²) in [6.07, 6.45) is 3.67. The van der Waals surface area contributed by atoms with E-state index < -0.39 is 15.9 Å². The molecule has 6 nitrogen and oxygen atoms in total. The monoisotopic (exact) mass is 310 g/mol. The molecule has 114 valence electrons. The van der Waals surface area contributed by atoms with Gasteiger partial charge in [-0.3, -0.25) is 0 Å². The summed E-state index contributed by atoms with van der Waals surface area (Å²) < 4.78 is 27.8. The highest BCUT2D eigenvalue weighted by Gasteiger charge is 2.28. The van der Waals surface area contributed by atoms with Crippen LogP contribution >= 0.6 is 0 Å². The van der Waals surface area contributed by atoms with Gasteiger partial charge in [-0.15, -0.1) is 0 Å². The fraction of sp³-hybridized carbons (Fsp3) is 0.357. The van der Waals surface area contributed by atoms with Crippen LogP contribution in [0.1, 0.15) is 12.0 Å². The predicted octanol–water partition coefficient (Wildman–Crippen LogP) is 1.15. The third kappa shape index (κ3) is 4.49. The topological polar surface area (TPSA) is 84.5 Å². The number of ether oxygens (including phenoxy) is 1.